The molecule has 0 amide bonds. The van der Waals surface area contributed by atoms with E-state index in [1.165, 1.54) is 16.8 Å². The molecule has 0 unspecified atom stereocenters. The monoisotopic (exact) mass is 490 g/mol. The zero-order valence-electron chi connectivity index (χ0n) is 20.5. The molecule has 32 heavy (non-hydrogen) atoms. The van der Waals surface area contributed by atoms with Gasteiger partial charge in [-0.25, -0.2) is 4.79 Å². The maximum Gasteiger partial charge on any atom is 0.330 e. The first-order chi connectivity index (χ1) is 14.7. The van der Waals surface area contributed by atoms with Crippen molar-refractivity contribution in [2.24, 2.45) is 0 Å². The van der Waals surface area contributed by atoms with Crippen LogP contribution < -0.4 is 11.2 Å². The molecule has 1 rings (SSSR count). The molecule has 184 valence electrons. The first-order valence-electron chi connectivity index (χ1n) is 10.6. The fraction of sp³-hybridized carbons (Fsp3) is 0.714. The van der Waals surface area contributed by atoms with Crippen LogP contribution in [0.2, 0.25) is 18.1 Å². The van der Waals surface area contributed by atoms with Crippen molar-refractivity contribution in [1.29, 1.82) is 0 Å². The average Bonchev–Trinajstić information content (AvgIpc) is 2.64. The van der Waals surface area contributed by atoms with E-state index in [4.69, 9.17) is 18.6 Å². The summed E-state index contributed by atoms with van der Waals surface area (Å²) in [6.45, 7) is 15.0. The van der Waals surface area contributed by atoms with E-state index in [-0.39, 0.29) is 18.3 Å². The maximum atomic E-state index is 12.5. The highest BCUT2D eigenvalue weighted by molar-refractivity contribution is 7.65. The molecule has 0 aliphatic rings. The van der Waals surface area contributed by atoms with E-state index < -0.39 is 39.0 Å². The number of aromatic nitrogens is 2. The Morgan fingerprint density at radius 3 is 2.38 bits per heavy atom. The minimum absolute atomic E-state index is 0.0346. The van der Waals surface area contributed by atoms with Gasteiger partial charge >= 0.3 is 5.69 Å². The molecule has 1 N–H and O–H groups in total. The van der Waals surface area contributed by atoms with Crippen molar-refractivity contribution in [2.45, 2.75) is 51.2 Å². The van der Waals surface area contributed by atoms with Crippen LogP contribution in [0.1, 0.15) is 27.0 Å². The van der Waals surface area contributed by atoms with Crippen LogP contribution >= 0.6 is 7.14 Å². The van der Waals surface area contributed by atoms with Gasteiger partial charge in [0.25, 0.3) is 5.56 Å². The van der Waals surface area contributed by atoms with Crippen LogP contribution in [0.3, 0.4) is 0 Å². The van der Waals surface area contributed by atoms with Gasteiger partial charge in [0.2, 0.25) is 0 Å². The number of nitrogens with zero attached hydrogens (tertiary/aromatic N) is 1. The van der Waals surface area contributed by atoms with E-state index in [9.17, 15) is 14.2 Å². The smallest absolute Gasteiger partial charge is 0.330 e. The Labute approximate surface area is 191 Å². The summed E-state index contributed by atoms with van der Waals surface area (Å²) in [7, 11) is -3.00. The number of hydrogen-bond acceptors (Lipinski definition) is 7. The Kier molecular flexibility index (Phi) is 11.0. The normalized spacial score (nSPS) is 15.2. The standard InChI is InChI=1S/C21H39N2O7PSi/c1-21(2,3)32(7,8)29-16-19(23-11-9-18(24)22-20(23)25)30-17(10-14-31(5,6)26)15-28-13-12-27-4/h9-11,14,17,19H,12-13,15-16H2,1-8H3,(H,22,24,25)/b14-10+/t17-,19-/m1/s1. The summed E-state index contributed by atoms with van der Waals surface area (Å²) in [5.41, 5.74) is -1.09. The lowest BCUT2D eigenvalue weighted by Crippen LogP contribution is -2.44. The molecular formula is C21H39N2O7PSi. The summed E-state index contributed by atoms with van der Waals surface area (Å²) in [4.78, 5) is 26.3. The third-order valence-corrected chi connectivity index (χ3v) is 10.7. The Morgan fingerprint density at radius 2 is 1.84 bits per heavy atom. The van der Waals surface area contributed by atoms with Gasteiger partial charge in [0.15, 0.2) is 14.5 Å². The molecule has 0 fully saturated rings. The van der Waals surface area contributed by atoms with Gasteiger partial charge in [-0.1, -0.05) is 26.8 Å². The van der Waals surface area contributed by atoms with E-state index in [1.54, 1.807) is 32.3 Å². The van der Waals surface area contributed by atoms with Gasteiger partial charge < -0.3 is 23.2 Å². The first kappa shape index (κ1) is 28.7. The lowest BCUT2D eigenvalue weighted by atomic mass is 10.2. The van der Waals surface area contributed by atoms with E-state index in [2.05, 4.69) is 38.8 Å². The van der Waals surface area contributed by atoms with E-state index in [0.717, 1.165) is 0 Å². The summed E-state index contributed by atoms with van der Waals surface area (Å²) >= 11 is 0. The lowest BCUT2D eigenvalue weighted by Gasteiger charge is -2.37. The van der Waals surface area contributed by atoms with Gasteiger partial charge in [-0.3, -0.25) is 14.3 Å². The highest BCUT2D eigenvalue weighted by atomic mass is 31.2. The van der Waals surface area contributed by atoms with Gasteiger partial charge in [-0.2, -0.15) is 0 Å². The van der Waals surface area contributed by atoms with Crippen molar-refractivity contribution in [3.63, 3.8) is 0 Å². The van der Waals surface area contributed by atoms with Crippen molar-refractivity contribution in [1.82, 2.24) is 9.55 Å². The number of H-pyrrole nitrogens is 1. The van der Waals surface area contributed by atoms with Crippen molar-refractivity contribution in [3.05, 3.63) is 45.0 Å². The van der Waals surface area contributed by atoms with Crippen LogP contribution in [0, 0.1) is 0 Å². The predicted octanol–water partition coefficient (Wildman–Crippen LogP) is 3.24. The van der Waals surface area contributed by atoms with Crippen LogP contribution in [0.5, 0.6) is 0 Å². The Morgan fingerprint density at radius 1 is 1.19 bits per heavy atom. The van der Waals surface area contributed by atoms with Crippen LogP contribution in [-0.4, -0.2) is 70.8 Å². The zero-order valence-corrected chi connectivity index (χ0v) is 22.4. The molecule has 0 aromatic carbocycles. The van der Waals surface area contributed by atoms with E-state index in [0.29, 0.717) is 13.2 Å². The molecule has 11 heteroatoms. The van der Waals surface area contributed by atoms with Gasteiger partial charge in [0.05, 0.1) is 26.4 Å². The number of hydrogen-bond donors (Lipinski definition) is 1. The van der Waals surface area contributed by atoms with Gasteiger partial charge in [0.1, 0.15) is 13.2 Å². The summed E-state index contributed by atoms with van der Waals surface area (Å²) in [6, 6.07) is 1.26. The number of methoxy groups -OCH3 is 1. The molecule has 0 aliphatic heterocycles. The molecule has 0 saturated carbocycles. The third kappa shape index (κ3) is 10.1. The molecule has 0 aliphatic carbocycles. The quantitative estimate of drug-likeness (QED) is 0.257. The number of ether oxygens (including phenoxy) is 3. The summed E-state index contributed by atoms with van der Waals surface area (Å²) < 4.78 is 36.6. The minimum Gasteiger partial charge on any atom is -0.412 e. The van der Waals surface area contributed by atoms with Crippen LogP contribution in [0.15, 0.2) is 33.7 Å². The molecule has 1 heterocycles. The van der Waals surface area contributed by atoms with Crippen LogP contribution in [0.4, 0.5) is 0 Å². The maximum absolute atomic E-state index is 12.5. The average molecular weight is 491 g/mol. The number of nitrogens with one attached hydrogen (secondary N) is 1. The SMILES string of the molecule is COCCOC[C@@H](/C=C/P(C)(C)=O)O[C@H](CO[Si](C)(C)C(C)(C)C)n1ccc(=O)[nH]c1=O. The molecule has 0 saturated heterocycles. The topological polar surface area (TPSA) is 109 Å². The zero-order chi connectivity index (χ0) is 24.6. The Bertz CT molecular complexity index is 898. The van der Waals surface area contributed by atoms with Gasteiger partial charge in [-0.15, -0.1) is 0 Å². The molecule has 0 radical (unpaired) electrons. The van der Waals surface area contributed by atoms with Crippen LogP contribution in [0.25, 0.3) is 0 Å². The molecule has 2 atom stereocenters. The van der Waals surface area contributed by atoms with Crippen LogP contribution in [-0.2, 0) is 23.2 Å². The summed E-state index contributed by atoms with van der Waals surface area (Å²) in [5.74, 6) is 1.61. The largest absolute Gasteiger partial charge is 0.412 e. The van der Waals surface area contributed by atoms with Crippen molar-refractivity contribution in [2.75, 3.05) is 46.9 Å². The second-order valence-corrected chi connectivity index (χ2v) is 17.5. The van der Waals surface area contributed by atoms with Crippen molar-refractivity contribution < 1.29 is 23.2 Å². The fourth-order valence-electron chi connectivity index (χ4n) is 2.32. The van der Waals surface area contributed by atoms with Crippen molar-refractivity contribution in [3.8, 4) is 0 Å². The van der Waals surface area contributed by atoms with Gasteiger partial charge in [0, 0.05) is 19.4 Å². The predicted molar refractivity (Wildman–Crippen MR) is 130 cm³/mol. The molecule has 0 bridgehead atoms. The van der Waals surface area contributed by atoms with Crippen molar-refractivity contribution >= 4 is 15.5 Å². The minimum atomic E-state index is -2.44. The molecule has 0 spiro atoms. The summed E-state index contributed by atoms with van der Waals surface area (Å²) in [5, 5.41) is -0.0346. The molecule has 1 aromatic rings. The Hall–Kier alpha value is -1.29. The van der Waals surface area contributed by atoms with E-state index in [1.807, 2.05) is 0 Å². The van der Waals surface area contributed by atoms with Gasteiger partial charge in [-0.05, 0) is 37.3 Å². The fourth-order valence-corrected chi connectivity index (χ4v) is 3.92. The first-order valence-corrected chi connectivity index (χ1v) is 16.2. The second kappa shape index (κ2) is 12.2. The molecule has 9 nitrogen and oxygen atoms in total. The number of rotatable bonds is 13. The highest BCUT2D eigenvalue weighted by Gasteiger charge is 2.38. The highest BCUT2D eigenvalue weighted by Crippen LogP contribution is 2.38. The van der Waals surface area contributed by atoms with E-state index >= 15 is 0 Å². The lowest BCUT2D eigenvalue weighted by molar-refractivity contribution is -0.0899. The number of aromatic amines is 1. The Balaban J connectivity index is 3.20. The third-order valence-electron chi connectivity index (χ3n) is 5.26. The summed E-state index contributed by atoms with van der Waals surface area (Å²) in [6.07, 6.45) is 1.66. The molecule has 1 aromatic heterocycles. The second-order valence-electron chi connectivity index (χ2n) is 9.56. The molecular weight excluding hydrogens is 451 g/mol.